The third kappa shape index (κ3) is 1.98. The Morgan fingerprint density at radius 2 is 2.15 bits per heavy atom. The van der Waals surface area contributed by atoms with Crippen LogP contribution in [0.5, 0.6) is 0 Å². The smallest absolute Gasteiger partial charge is 0.340 e. The average molecular weight is 187 g/mol. The maximum atomic E-state index is 12.6. The number of carboxylic acid groups (broad SMARTS) is 1. The van der Waals surface area contributed by atoms with Gasteiger partial charge in [0.1, 0.15) is 5.56 Å². The van der Waals surface area contributed by atoms with Crippen molar-refractivity contribution in [1.29, 1.82) is 0 Å². The predicted octanol–water partition coefficient (Wildman–Crippen LogP) is -0.0979. The van der Waals surface area contributed by atoms with Gasteiger partial charge in [0.05, 0.1) is 0 Å². The molecule has 5 nitrogen and oxygen atoms in total. The van der Waals surface area contributed by atoms with Crippen molar-refractivity contribution in [3.05, 3.63) is 29.3 Å². The molecule has 3 N–H and O–H groups in total. The number of rotatable bonds is 2. The fourth-order valence-corrected chi connectivity index (χ4v) is 0.755. The highest BCUT2D eigenvalue weighted by Crippen LogP contribution is 2.12. The Hall–Kier alpha value is -1.53. The molecule has 1 aromatic heterocycles. The number of hydrogen-bond donors (Lipinski definition) is 3. The highest BCUT2D eigenvalue weighted by Gasteiger charge is 2.14. The molecule has 13 heavy (non-hydrogen) atoms. The summed E-state index contributed by atoms with van der Waals surface area (Å²) < 4.78 is 12.6. The zero-order valence-electron chi connectivity index (χ0n) is 6.31. The van der Waals surface area contributed by atoms with Crippen molar-refractivity contribution in [2.45, 2.75) is 6.29 Å². The number of nitrogens with zero attached hydrogens (tertiary/aromatic N) is 1. The van der Waals surface area contributed by atoms with Crippen molar-refractivity contribution < 1.29 is 24.5 Å². The van der Waals surface area contributed by atoms with Crippen LogP contribution in [0.15, 0.2) is 12.3 Å². The van der Waals surface area contributed by atoms with Gasteiger partial charge in [-0.25, -0.2) is 9.78 Å². The molecule has 0 bridgehead atoms. The minimum Gasteiger partial charge on any atom is -0.478 e. The second-order valence-electron chi connectivity index (χ2n) is 2.29. The number of aromatic nitrogens is 1. The monoisotopic (exact) mass is 187 g/mol. The molecule has 6 heteroatoms. The van der Waals surface area contributed by atoms with E-state index in [0.29, 0.717) is 0 Å². The van der Waals surface area contributed by atoms with E-state index in [9.17, 15) is 9.18 Å². The molecule has 0 aliphatic rings. The summed E-state index contributed by atoms with van der Waals surface area (Å²) in [6.07, 6.45) is -1.00. The Kier molecular flexibility index (Phi) is 2.54. The second kappa shape index (κ2) is 3.46. The normalized spacial score (nSPS) is 10.5. The van der Waals surface area contributed by atoms with Gasteiger partial charge >= 0.3 is 5.97 Å². The van der Waals surface area contributed by atoms with Crippen molar-refractivity contribution in [2.75, 3.05) is 0 Å². The van der Waals surface area contributed by atoms with E-state index in [0.717, 1.165) is 12.3 Å². The maximum Gasteiger partial charge on any atom is 0.340 e. The average Bonchev–Trinajstić information content (AvgIpc) is 2.04. The summed E-state index contributed by atoms with van der Waals surface area (Å²) in [5, 5.41) is 25.7. The van der Waals surface area contributed by atoms with E-state index in [1.54, 1.807) is 0 Å². The summed E-state index contributed by atoms with van der Waals surface area (Å²) in [5.74, 6) is -2.66. The standard InChI is InChI=1S/C7H6FNO4/c8-5-4(7(12)13)1-3(2-9-5)6(10)11/h1-2,6,10-11H,(H,12,13). The van der Waals surface area contributed by atoms with E-state index in [1.807, 2.05) is 0 Å². The number of aliphatic hydroxyl groups is 2. The van der Waals surface area contributed by atoms with E-state index >= 15 is 0 Å². The molecule has 0 aliphatic carbocycles. The zero-order valence-corrected chi connectivity index (χ0v) is 6.31. The lowest BCUT2D eigenvalue weighted by molar-refractivity contribution is -0.0428. The number of halogens is 1. The van der Waals surface area contributed by atoms with Crippen molar-refractivity contribution in [2.24, 2.45) is 0 Å². The lowest BCUT2D eigenvalue weighted by Gasteiger charge is -2.03. The van der Waals surface area contributed by atoms with Gasteiger partial charge < -0.3 is 15.3 Å². The van der Waals surface area contributed by atoms with Crippen LogP contribution < -0.4 is 0 Å². The van der Waals surface area contributed by atoms with Crippen molar-refractivity contribution in [1.82, 2.24) is 4.98 Å². The van der Waals surface area contributed by atoms with Gasteiger partial charge in [-0.1, -0.05) is 0 Å². The highest BCUT2D eigenvalue weighted by atomic mass is 19.1. The molecule has 1 heterocycles. The van der Waals surface area contributed by atoms with E-state index in [1.165, 1.54) is 0 Å². The van der Waals surface area contributed by atoms with Crippen LogP contribution in [-0.2, 0) is 0 Å². The lowest BCUT2D eigenvalue weighted by atomic mass is 10.2. The van der Waals surface area contributed by atoms with Gasteiger partial charge in [-0.2, -0.15) is 4.39 Å². The molecule has 0 amide bonds. The maximum absolute atomic E-state index is 12.6. The molecule has 1 aromatic rings. The number of carbonyl (C=O) groups is 1. The van der Waals surface area contributed by atoms with Crippen molar-refractivity contribution in [3.63, 3.8) is 0 Å². The van der Waals surface area contributed by atoms with E-state index < -0.39 is 23.8 Å². The molecule has 0 fully saturated rings. The lowest BCUT2D eigenvalue weighted by Crippen LogP contribution is -2.06. The van der Waals surface area contributed by atoms with Crippen LogP contribution in [0.2, 0.25) is 0 Å². The van der Waals surface area contributed by atoms with Crippen molar-refractivity contribution in [3.8, 4) is 0 Å². The second-order valence-corrected chi connectivity index (χ2v) is 2.29. The van der Waals surface area contributed by atoms with Crippen molar-refractivity contribution >= 4 is 5.97 Å². The third-order valence-electron chi connectivity index (χ3n) is 1.39. The Morgan fingerprint density at radius 3 is 2.62 bits per heavy atom. The molecule has 0 unspecified atom stereocenters. The number of aliphatic hydroxyl groups excluding tert-OH is 1. The van der Waals surface area contributed by atoms with Gasteiger partial charge in [-0.3, -0.25) is 0 Å². The molecule has 0 saturated carbocycles. The summed E-state index contributed by atoms with van der Waals surface area (Å²) in [7, 11) is 0. The van der Waals surface area contributed by atoms with Crippen LogP contribution in [0.25, 0.3) is 0 Å². The summed E-state index contributed by atoms with van der Waals surface area (Å²) in [6.45, 7) is 0. The summed E-state index contributed by atoms with van der Waals surface area (Å²) >= 11 is 0. The topological polar surface area (TPSA) is 90.7 Å². The van der Waals surface area contributed by atoms with Crippen LogP contribution >= 0.6 is 0 Å². The molecule has 0 saturated heterocycles. The first kappa shape index (κ1) is 9.56. The number of hydrogen-bond acceptors (Lipinski definition) is 4. The molecule has 0 spiro atoms. The third-order valence-corrected chi connectivity index (χ3v) is 1.39. The van der Waals surface area contributed by atoms with Gasteiger partial charge in [0.2, 0.25) is 5.95 Å². The largest absolute Gasteiger partial charge is 0.478 e. The molecular weight excluding hydrogens is 181 g/mol. The van der Waals surface area contributed by atoms with Crippen LogP contribution in [-0.4, -0.2) is 26.3 Å². The first-order valence-electron chi connectivity index (χ1n) is 3.27. The van der Waals surface area contributed by atoms with Gasteiger partial charge in [0, 0.05) is 11.8 Å². The Labute approximate surface area is 72.1 Å². The van der Waals surface area contributed by atoms with E-state index in [4.69, 9.17) is 15.3 Å². The molecule has 1 rings (SSSR count). The van der Waals surface area contributed by atoms with Crippen LogP contribution in [0, 0.1) is 5.95 Å². The Balaban J connectivity index is 3.19. The number of aromatic carboxylic acids is 1. The summed E-state index contributed by atoms with van der Waals surface area (Å²) in [5.41, 5.74) is -0.857. The first-order valence-corrected chi connectivity index (χ1v) is 3.27. The van der Waals surface area contributed by atoms with Gasteiger partial charge in [0.25, 0.3) is 0 Å². The molecular formula is C7H6FNO4. The SMILES string of the molecule is O=C(O)c1cc(C(O)O)cnc1F. The minimum atomic E-state index is -1.86. The fraction of sp³-hybridized carbons (Fsp3) is 0.143. The number of carboxylic acids is 1. The Bertz CT molecular complexity index is 339. The minimum absolute atomic E-state index is 0.168. The molecule has 0 atom stereocenters. The molecule has 0 radical (unpaired) electrons. The molecule has 70 valence electrons. The highest BCUT2D eigenvalue weighted by molar-refractivity contribution is 5.87. The quantitative estimate of drug-likeness (QED) is 0.444. The van der Waals surface area contributed by atoms with Crippen LogP contribution in [0.1, 0.15) is 22.2 Å². The fourth-order valence-electron chi connectivity index (χ4n) is 0.755. The van der Waals surface area contributed by atoms with Gasteiger partial charge in [-0.05, 0) is 6.07 Å². The summed E-state index contributed by atoms with van der Waals surface area (Å²) in [4.78, 5) is 13.4. The van der Waals surface area contributed by atoms with Gasteiger partial charge in [-0.15, -0.1) is 0 Å². The van der Waals surface area contributed by atoms with Crippen LogP contribution in [0.3, 0.4) is 0 Å². The van der Waals surface area contributed by atoms with Crippen LogP contribution in [0.4, 0.5) is 4.39 Å². The molecule has 0 aliphatic heterocycles. The first-order chi connectivity index (χ1) is 6.02. The van der Waals surface area contributed by atoms with E-state index in [2.05, 4.69) is 4.98 Å². The van der Waals surface area contributed by atoms with E-state index in [-0.39, 0.29) is 5.56 Å². The zero-order chi connectivity index (χ0) is 10.0. The van der Waals surface area contributed by atoms with Gasteiger partial charge in [0.15, 0.2) is 6.29 Å². The predicted molar refractivity (Wildman–Crippen MR) is 38.3 cm³/mol. The number of pyridine rings is 1. The Morgan fingerprint density at radius 1 is 1.54 bits per heavy atom. The molecule has 0 aromatic carbocycles. The summed E-state index contributed by atoms with van der Waals surface area (Å²) in [6, 6.07) is 0.815.